The molecule has 0 spiro atoms. The molecule has 102 valence electrons. The number of amides is 1. The van der Waals surface area contributed by atoms with Crippen molar-refractivity contribution in [2.75, 3.05) is 0 Å². The number of nitro groups is 1. The van der Waals surface area contributed by atoms with E-state index in [0.29, 0.717) is 5.92 Å². The normalized spacial score (nSPS) is 22.2. The number of nitro benzene ring substituents is 1. The van der Waals surface area contributed by atoms with Gasteiger partial charge in [0.2, 0.25) is 5.82 Å². The van der Waals surface area contributed by atoms with Gasteiger partial charge in [-0.15, -0.1) is 0 Å². The number of halogens is 1. The standard InChI is InChI=1S/C13H15FN2O3/c1-8-2-4-10(6-8)15-13(17)9-3-5-12(16(18)19)11(14)7-9/h3,5,7-8,10H,2,4,6H2,1H3,(H,15,17). The van der Waals surface area contributed by atoms with Crippen molar-refractivity contribution in [3.05, 3.63) is 39.7 Å². The SMILES string of the molecule is CC1CCC(NC(=O)c2ccc([N+](=O)[O-])c(F)c2)C1. The molecule has 2 rings (SSSR count). The lowest BCUT2D eigenvalue weighted by Crippen LogP contribution is -2.32. The van der Waals surface area contributed by atoms with Gasteiger partial charge in [-0.05, 0) is 37.3 Å². The summed E-state index contributed by atoms with van der Waals surface area (Å²) in [4.78, 5) is 21.6. The van der Waals surface area contributed by atoms with Gasteiger partial charge < -0.3 is 5.32 Å². The zero-order valence-corrected chi connectivity index (χ0v) is 10.6. The molecule has 0 aromatic heterocycles. The van der Waals surface area contributed by atoms with E-state index in [9.17, 15) is 19.3 Å². The van der Waals surface area contributed by atoms with Crippen molar-refractivity contribution in [2.24, 2.45) is 5.92 Å². The summed E-state index contributed by atoms with van der Waals surface area (Å²) >= 11 is 0. The van der Waals surface area contributed by atoms with Crippen molar-refractivity contribution < 1.29 is 14.1 Å². The number of carbonyl (C=O) groups is 1. The second-order valence-electron chi connectivity index (χ2n) is 5.01. The highest BCUT2D eigenvalue weighted by molar-refractivity contribution is 5.94. The van der Waals surface area contributed by atoms with Gasteiger partial charge >= 0.3 is 5.69 Å². The molecule has 2 unspecified atom stereocenters. The van der Waals surface area contributed by atoms with E-state index < -0.39 is 16.4 Å². The van der Waals surface area contributed by atoms with Gasteiger partial charge in [-0.3, -0.25) is 14.9 Å². The summed E-state index contributed by atoms with van der Waals surface area (Å²) in [5.74, 6) is -0.788. The Morgan fingerprint density at radius 1 is 1.47 bits per heavy atom. The van der Waals surface area contributed by atoms with Crippen LogP contribution in [0.25, 0.3) is 0 Å². The highest BCUT2D eigenvalue weighted by Gasteiger charge is 2.24. The molecule has 6 heteroatoms. The van der Waals surface area contributed by atoms with Crippen molar-refractivity contribution in [2.45, 2.75) is 32.2 Å². The Hall–Kier alpha value is -1.98. The van der Waals surface area contributed by atoms with Gasteiger partial charge in [0.25, 0.3) is 5.91 Å². The fourth-order valence-corrected chi connectivity index (χ4v) is 2.40. The second-order valence-corrected chi connectivity index (χ2v) is 5.01. The minimum absolute atomic E-state index is 0.112. The average molecular weight is 266 g/mol. The van der Waals surface area contributed by atoms with E-state index in [1.54, 1.807) is 0 Å². The van der Waals surface area contributed by atoms with Crippen LogP contribution in [0.5, 0.6) is 0 Å². The van der Waals surface area contributed by atoms with Crippen LogP contribution in [0.2, 0.25) is 0 Å². The molecule has 1 fully saturated rings. The van der Waals surface area contributed by atoms with Crippen LogP contribution in [0.4, 0.5) is 10.1 Å². The Morgan fingerprint density at radius 2 is 2.21 bits per heavy atom. The first-order valence-corrected chi connectivity index (χ1v) is 6.22. The molecule has 5 nitrogen and oxygen atoms in total. The monoisotopic (exact) mass is 266 g/mol. The minimum Gasteiger partial charge on any atom is -0.349 e. The van der Waals surface area contributed by atoms with Crippen molar-refractivity contribution >= 4 is 11.6 Å². The molecule has 2 atom stereocenters. The van der Waals surface area contributed by atoms with Gasteiger partial charge in [0.1, 0.15) is 0 Å². The molecule has 1 saturated carbocycles. The molecule has 1 aromatic rings. The first-order chi connectivity index (χ1) is 8.97. The van der Waals surface area contributed by atoms with Gasteiger partial charge in [-0.2, -0.15) is 4.39 Å². The molecule has 1 aromatic carbocycles. The maximum atomic E-state index is 13.4. The molecular formula is C13H15FN2O3. The van der Waals surface area contributed by atoms with Crippen LogP contribution in [-0.4, -0.2) is 16.9 Å². The molecule has 1 aliphatic carbocycles. The van der Waals surface area contributed by atoms with Crippen LogP contribution in [0.3, 0.4) is 0 Å². The summed E-state index contributed by atoms with van der Waals surface area (Å²) in [5.41, 5.74) is -0.506. The maximum Gasteiger partial charge on any atom is 0.304 e. The third-order valence-electron chi connectivity index (χ3n) is 3.44. The van der Waals surface area contributed by atoms with E-state index in [4.69, 9.17) is 0 Å². The summed E-state index contributed by atoms with van der Waals surface area (Å²) in [6, 6.07) is 3.31. The van der Waals surface area contributed by atoms with E-state index in [0.717, 1.165) is 31.4 Å². The second kappa shape index (κ2) is 5.34. The molecule has 1 N–H and O–H groups in total. The summed E-state index contributed by atoms with van der Waals surface area (Å²) in [7, 11) is 0. The smallest absolute Gasteiger partial charge is 0.304 e. The van der Waals surface area contributed by atoms with Gasteiger partial charge in [0.15, 0.2) is 0 Å². The Labute approximate surface area is 110 Å². The summed E-state index contributed by atoms with van der Waals surface area (Å²) in [6.07, 6.45) is 2.91. The fourth-order valence-electron chi connectivity index (χ4n) is 2.40. The van der Waals surface area contributed by atoms with Crippen molar-refractivity contribution in [3.8, 4) is 0 Å². The van der Waals surface area contributed by atoms with Crippen LogP contribution < -0.4 is 5.32 Å². The highest BCUT2D eigenvalue weighted by Crippen LogP contribution is 2.25. The number of benzene rings is 1. The van der Waals surface area contributed by atoms with Gasteiger partial charge in [0, 0.05) is 17.7 Å². The minimum atomic E-state index is -0.988. The van der Waals surface area contributed by atoms with E-state index in [1.807, 2.05) is 0 Å². The fraction of sp³-hybridized carbons (Fsp3) is 0.462. The maximum absolute atomic E-state index is 13.4. The van der Waals surface area contributed by atoms with E-state index in [1.165, 1.54) is 6.07 Å². The molecule has 0 aliphatic heterocycles. The Morgan fingerprint density at radius 3 is 2.74 bits per heavy atom. The van der Waals surface area contributed by atoms with E-state index >= 15 is 0 Å². The summed E-state index contributed by atoms with van der Waals surface area (Å²) in [5, 5.41) is 13.3. The zero-order chi connectivity index (χ0) is 14.0. The lowest BCUT2D eigenvalue weighted by atomic mass is 10.1. The predicted molar refractivity (Wildman–Crippen MR) is 67.3 cm³/mol. The molecule has 19 heavy (non-hydrogen) atoms. The zero-order valence-electron chi connectivity index (χ0n) is 10.6. The van der Waals surface area contributed by atoms with Crippen LogP contribution in [-0.2, 0) is 0 Å². The highest BCUT2D eigenvalue weighted by atomic mass is 19.1. The summed E-state index contributed by atoms with van der Waals surface area (Å²) < 4.78 is 13.4. The molecule has 0 radical (unpaired) electrons. The molecule has 0 saturated heterocycles. The van der Waals surface area contributed by atoms with E-state index in [-0.39, 0.29) is 17.5 Å². The average Bonchev–Trinajstić information content (AvgIpc) is 2.74. The van der Waals surface area contributed by atoms with Gasteiger partial charge in [-0.1, -0.05) is 6.92 Å². The number of rotatable bonds is 3. The topological polar surface area (TPSA) is 72.2 Å². The number of hydrogen-bond donors (Lipinski definition) is 1. The first-order valence-electron chi connectivity index (χ1n) is 6.22. The Kier molecular flexibility index (Phi) is 3.78. The van der Waals surface area contributed by atoms with Crippen molar-refractivity contribution in [3.63, 3.8) is 0 Å². The largest absolute Gasteiger partial charge is 0.349 e. The third kappa shape index (κ3) is 3.07. The molecular weight excluding hydrogens is 251 g/mol. The van der Waals surface area contributed by atoms with Gasteiger partial charge in [0.05, 0.1) is 4.92 Å². The quantitative estimate of drug-likeness (QED) is 0.675. The Bertz CT molecular complexity index is 519. The predicted octanol–water partition coefficient (Wildman–Crippen LogP) is 2.65. The number of carbonyl (C=O) groups excluding carboxylic acids is 1. The number of nitrogens with zero attached hydrogens (tertiary/aromatic N) is 1. The molecule has 1 aliphatic rings. The van der Waals surface area contributed by atoms with Crippen LogP contribution in [0.15, 0.2) is 18.2 Å². The van der Waals surface area contributed by atoms with E-state index in [2.05, 4.69) is 12.2 Å². The molecule has 0 heterocycles. The summed E-state index contributed by atoms with van der Waals surface area (Å²) in [6.45, 7) is 2.12. The lowest BCUT2D eigenvalue weighted by Gasteiger charge is -2.12. The third-order valence-corrected chi connectivity index (χ3v) is 3.44. The number of hydrogen-bond acceptors (Lipinski definition) is 3. The Balaban J connectivity index is 2.07. The molecule has 0 bridgehead atoms. The molecule has 1 amide bonds. The van der Waals surface area contributed by atoms with Crippen molar-refractivity contribution in [1.29, 1.82) is 0 Å². The van der Waals surface area contributed by atoms with Crippen LogP contribution in [0.1, 0.15) is 36.5 Å². The first kappa shape index (κ1) is 13.5. The van der Waals surface area contributed by atoms with Gasteiger partial charge in [-0.25, -0.2) is 0 Å². The van der Waals surface area contributed by atoms with Crippen LogP contribution >= 0.6 is 0 Å². The van der Waals surface area contributed by atoms with Crippen molar-refractivity contribution in [1.82, 2.24) is 5.32 Å². The van der Waals surface area contributed by atoms with Crippen LogP contribution in [0, 0.1) is 21.8 Å². The lowest BCUT2D eigenvalue weighted by molar-refractivity contribution is -0.387. The number of nitrogens with one attached hydrogen (secondary N) is 1.